The molecule has 0 bridgehead atoms. The third-order valence-electron chi connectivity index (χ3n) is 12.1. The maximum Gasteiger partial charge on any atom is 0.324 e. The predicted molar refractivity (Wildman–Crippen MR) is 252 cm³/mol. The van der Waals surface area contributed by atoms with Crippen molar-refractivity contribution in [3.05, 3.63) is 0 Å². The highest BCUT2D eigenvalue weighted by Crippen LogP contribution is 2.19. The lowest BCUT2D eigenvalue weighted by atomic mass is 10.0. The van der Waals surface area contributed by atoms with E-state index in [1.54, 1.807) is 7.05 Å². The van der Waals surface area contributed by atoms with E-state index in [0.29, 0.717) is 19.4 Å². The number of amides is 3. The van der Waals surface area contributed by atoms with Crippen LogP contribution in [0.3, 0.4) is 0 Å². The second-order valence-corrected chi connectivity index (χ2v) is 17.9. The van der Waals surface area contributed by atoms with Crippen molar-refractivity contribution in [3.63, 3.8) is 0 Å². The molecule has 0 aliphatic rings. The number of unbranched alkanes of at least 4 members (excludes halogenated alkanes) is 23. The van der Waals surface area contributed by atoms with E-state index in [1.165, 1.54) is 108 Å². The molecule has 3 amide bonds. The summed E-state index contributed by atoms with van der Waals surface area (Å²) in [5.41, 5.74) is 0. The number of urea groups is 1. The number of esters is 2. The standard InChI is InChI=1S/C51H99N3O6/c1-8-12-15-18-23-30-37-47(11-4)59-49(56)40-33-26-21-28-35-42-53(44-45(5)54(46(6)55)51(58)52-7)43-36-29-22-27-34-41-50(57)60-48(38-31-24-19-16-13-9-2)39-32-25-20-17-14-10-3/h45,47-48H,8-44H2,1-7H3,(H,52,58). The number of carbonyl (C=O) groups is 4. The van der Waals surface area contributed by atoms with E-state index >= 15 is 0 Å². The Hall–Kier alpha value is -2.16. The Bertz CT molecular complexity index is 1010. The van der Waals surface area contributed by atoms with E-state index in [1.807, 2.05) is 6.92 Å². The van der Waals surface area contributed by atoms with E-state index in [9.17, 15) is 19.2 Å². The van der Waals surface area contributed by atoms with Gasteiger partial charge in [-0.25, -0.2) is 4.79 Å². The molecule has 0 aromatic heterocycles. The number of hydrogen-bond acceptors (Lipinski definition) is 7. The van der Waals surface area contributed by atoms with Gasteiger partial charge in [-0.3, -0.25) is 19.3 Å². The Kier molecular flexibility index (Phi) is 40.6. The van der Waals surface area contributed by atoms with Gasteiger partial charge in [-0.2, -0.15) is 0 Å². The third-order valence-corrected chi connectivity index (χ3v) is 12.1. The zero-order chi connectivity index (χ0) is 44.5. The minimum absolute atomic E-state index is 0.0212. The van der Waals surface area contributed by atoms with Crippen LogP contribution in [0.4, 0.5) is 4.79 Å². The predicted octanol–water partition coefficient (Wildman–Crippen LogP) is 14.0. The van der Waals surface area contributed by atoms with Crippen molar-refractivity contribution in [1.29, 1.82) is 0 Å². The fourth-order valence-corrected chi connectivity index (χ4v) is 8.35. The highest BCUT2D eigenvalue weighted by molar-refractivity contribution is 5.93. The molecule has 0 saturated heterocycles. The van der Waals surface area contributed by atoms with Gasteiger partial charge in [0, 0.05) is 33.4 Å². The lowest BCUT2D eigenvalue weighted by Gasteiger charge is -2.31. The van der Waals surface area contributed by atoms with Crippen LogP contribution in [-0.4, -0.2) is 78.6 Å². The lowest BCUT2D eigenvalue weighted by molar-refractivity contribution is -0.150. The summed E-state index contributed by atoms with van der Waals surface area (Å²) in [6, 6.07) is -0.603. The molecular formula is C51H99N3O6. The first kappa shape index (κ1) is 57.8. The van der Waals surface area contributed by atoms with E-state index in [4.69, 9.17) is 9.47 Å². The molecule has 1 N–H and O–H groups in total. The minimum atomic E-state index is -0.365. The Balaban J connectivity index is 4.71. The lowest BCUT2D eigenvalue weighted by Crippen LogP contribution is -2.51. The van der Waals surface area contributed by atoms with Crippen molar-refractivity contribution < 1.29 is 28.7 Å². The molecule has 0 fully saturated rings. The minimum Gasteiger partial charge on any atom is -0.462 e. The smallest absolute Gasteiger partial charge is 0.324 e. The summed E-state index contributed by atoms with van der Waals surface area (Å²) in [7, 11) is 1.56. The summed E-state index contributed by atoms with van der Waals surface area (Å²) < 4.78 is 11.9. The van der Waals surface area contributed by atoms with Gasteiger partial charge >= 0.3 is 18.0 Å². The molecule has 0 aromatic rings. The summed E-state index contributed by atoms with van der Waals surface area (Å²) in [6.07, 6.45) is 37.8. The van der Waals surface area contributed by atoms with E-state index in [2.05, 4.69) is 37.9 Å². The van der Waals surface area contributed by atoms with Gasteiger partial charge in [0.25, 0.3) is 0 Å². The summed E-state index contributed by atoms with van der Waals surface area (Å²) in [5.74, 6) is -0.319. The normalized spacial score (nSPS) is 12.5. The number of ether oxygens (including phenoxy) is 2. The molecule has 0 aliphatic heterocycles. The molecule has 9 heteroatoms. The van der Waals surface area contributed by atoms with Gasteiger partial charge in [0.1, 0.15) is 12.2 Å². The van der Waals surface area contributed by atoms with Crippen molar-refractivity contribution in [2.45, 2.75) is 278 Å². The molecule has 0 rings (SSSR count). The SMILES string of the molecule is CCCCCCCCC(CC)OC(=O)CCCCCCCN(CCCCCCCC(=O)OC(CCCCCCCC)CCCCCCCC)CC(C)N(C(C)=O)C(=O)NC. The fraction of sp³-hybridized carbons (Fsp3) is 0.922. The number of nitrogens with one attached hydrogen (secondary N) is 1. The number of nitrogens with zero attached hydrogens (tertiary/aromatic N) is 2. The van der Waals surface area contributed by atoms with Crippen molar-refractivity contribution in [1.82, 2.24) is 15.1 Å². The first-order valence-corrected chi connectivity index (χ1v) is 25.8. The van der Waals surface area contributed by atoms with Crippen LogP contribution in [0.5, 0.6) is 0 Å². The summed E-state index contributed by atoms with van der Waals surface area (Å²) in [5, 5.41) is 2.62. The molecule has 0 spiro atoms. The van der Waals surface area contributed by atoms with Gasteiger partial charge in [0.05, 0.1) is 6.04 Å². The molecule has 354 valence electrons. The van der Waals surface area contributed by atoms with Gasteiger partial charge in [-0.15, -0.1) is 0 Å². The number of imide groups is 1. The van der Waals surface area contributed by atoms with Crippen LogP contribution in [0.25, 0.3) is 0 Å². The molecule has 0 heterocycles. The quantitative estimate of drug-likeness (QED) is 0.0481. The Labute approximate surface area is 371 Å². The van der Waals surface area contributed by atoms with E-state index < -0.39 is 0 Å². The highest BCUT2D eigenvalue weighted by atomic mass is 16.5. The Morgan fingerprint density at radius 2 is 0.833 bits per heavy atom. The zero-order valence-electron chi connectivity index (χ0n) is 40.7. The first-order chi connectivity index (χ1) is 29.1. The van der Waals surface area contributed by atoms with Crippen LogP contribution in [-0.2, 0) is 23.9 Å². The van der Waals surface area contributed by atoms with Gasteiger partial charge < -0.3 is 19.7 Å². The number of hydrogen-bond donors (Lipinski definition) is 1. The molecular weight excluding hydrogens is 751 g/mol. The highest BCUT2D eigenvalue weighted by Gasteiger charge is 2.25. The summed E-state index contributed by atoms with van der Waals surface area (Å²) >= 11 is 0. The molecule has 0 saturated carbocycles. The molecule has 9 nitrogen and oxygen atoms in total. The van der Waals surface area contributed by atoms with E-state index in [-0.39, 0.29) is 42.1 Å². The summed E-state index contributed by atoms with van der Waals surface area (Å²) in [6.45, 7) is 14.7. The van der Waals surface area contributed by atoms with Gasteiger partial charge in [-0.05, 0) is 90.6 Å². The maximum absolute atomic E-state index is 12.9. The summed E-state index contributed by atoms with van der Waals surface area (Å²) in [4.78, 5) is 54.0. The van der Waals surface area contributed by atoms with Gasteiger partial charge in [0.2, 0.25) is 5.91 Å². The molecule has 0 aromatic carbocycles. The molecule has 0 radical (unpaired) electrons. The van der Waals surface area contributed by atoms with Crippen LogP contribution < -0.4 is 5.32 Å². The van der Waals surface area contributed by atoms with Crippen LogP contribution in [0.2, 0.25) is 0 Å². The monoisotopic (exact) mass is 850 g/mol. The Morgan fingerprint density at radius 1 is 0.483 bits per heavy atom. The van der Waals surface area contributed by atoms with Crippen LogP contribution in [0.1, 0.15) is 260 Å². The molecule has 2 atom stereocenters. The van der Waals surface area contributed by atoms with Crippen molar-refractivity contribution in [3.8, 4) is 0 Å². The molecule has 60 heavy (non-hydrogen) atoms. The molecule has 2 unspecified atom stereocenters. The number of carbonyl (C=O) groups excluding carboxylic acids is 4. The second kappa shape index (κ2) is 42.2. The van der Waals surface area contributed by atoms with Crippen molar-refractivity contribution in [2.75, 3.05) is 26.7 Å². The zero-order valence-corrected chi connectivity index (χ0v) is 40.7. The van der Waals surface area contributed by atoms with Gasteiger partial charge in [-0.1, -0.05) is 163 Å². The van der Waals surface area contributed by atoms with Crippen LogP contribution in [0, 0.1) is 0 Å². The first-order valence-electron chi connectivity index (χ1n) is 25.8. The maximum atomic E-state index is 12.9. The molecule has 0 aliphatic carbocycles. The van der Waals surface area contributed by atoms with Gasteiger partial charge in [0.15, 0.2) is 0 Å². The second-order valence-electron chi connectivity index (χ2n) is 17.9. The average Bonchev–Trinajstić information content (AvgIpc) is 3.22. The van der Waals surface area contributed by atoms with Crippen LogP contribution in [0.15, 0.2) is 0 Å². The van der Waals surface area contributed by atoms with Crippen molar-refractivity contribution >= 4 is 23.9 Å². The van der Waals surface area contributed by atoms with E-state index in [0.717, 1.165) is 122 Å². The fourth-order valence-electron chi connectivity index (χ4n) is 8.35. The topological polar surface area (TPSA) is 105 Å². The largest absolute Gasteiger partial charge is 0.462 e. The number of rotatable bonds is 43. The average molecular weight is 850 g/mol. The third kappa shape index (κ3) is 34.4. The van der Waals surface area contributed by atoms with Crippen molar-refractivity contribution in [2.24, 2.45) is 0 Å². The Morgan fingerprint density at radius 3 is 1.22 bits per heavy atom. The van der Waals surface area contributed by atoms with Crippen LogP contribution >= 0.6 is 0 Å².